The summed E-state index contributed by atoms with van der Waals surface area (Å²) in [5, 5.41) is 9.17. The molecule has 0 amide bonds. The summed E-state index contributed by atoms with van der Waals surface area (Å²) < 4.78 is 0. The minimum absolute atomic E-state index is 0.291. The lowest BCUT2D eigenvalue weighted by molar-refractivity contribution is 0.770. The number of benzene rings is 4. The van der Waals surface area contributed by atoms with Gasteiger partial charge in [0.25, 0.3) is 0 Å². The molecule has 262 valence electrons. The van der Waals surface area contributed by atoms with Gasteiger partial charge in [0.1, 0.15) is 0 Å². The zero-order valence-electron chi connectivity index (χ0n) is 33.0. The minimum Gasteiger partial charge on any atom is -0.233 e. The monoisotopic (exact) mass is 682 g/mol. The zero-order valence-corrected chi connectivity index (χ0v) is 34.0. The Morgan fingerprint density at radius 2 is 0.740 bits per heavy atom. The summed E-state index contributed by atoms with van der Waals surface area (Å²) in [6.07, 6.45) is 0. The largest absolute Gasteiger partial charge is 0.233 e. The van der Waals surface area contributed by atoms with Gasteiger partial charge in [0.15, 0.2) is 11.6 Å². The minimum atomic E-state index is -1.88. The van der Waals surface area contributed by atoms with Crippen molar-refractivity contribution >= 4 is 45.6 Å². The fourth-order valence-electron chi connectivity index (χ4n) is 8.93. The molecule has 50 heavy (non-hydrogen) atoms. The van der Waals surface area contributed by atoms with E-state index < -0.39 is 8.07 Å². The Labute approximate surface area is 301 Å². The molecule has 0 bridgehead atoms. The Hall–Kier alpha value is -3.70. The molecule has 6 aromatic rings. The fraction of sp³-hybridized carbons (Fsp3) is 0.467. The fourth-order valence-corrected chi connectivity index (χ4v) is 15.7. The summed E-state index contributed by atoms with van der Waals surface area (Å²) >= 11 is 0. The van der Waals surface area contributed by atoms with Gasteiger partial charge in [-0.15, -0.1) is 0 Å². The summed E-state index contributed by atoms with van der Waals surface area (Å²) in [6.45, 7) is 32.5. The number of hydrogen-bond acceptors (Lipinski definition) is 4. The van der Waals surface area contributed by atoms with Crippen molar-refractivity contribution in [3.05, 3.63) is 77.4 Å². The Bertz CT molecular complexity index is 1970. The van der Waals surface area contributed by atoms with Gasteiger partial charge in [-0.3, -0.25) is 0 Å². The highest BCUT2D eigenvalue weighted by Crippen LogP contribution is 2.46. The lowest BCUT2D eigenvalue weighted by Crippen LogP contribution is -2.55. The van der Waals surface area contributed by atoms with Crippen molar-refractivity contribution in [2.75, 3.05) is 0 Å². The van der Waals surface area contributed by atoms with Crippen molar-refractivity contribution in [3.8, 4) is 22.8 Å². The molecule has 0 unspecified atom stereocenters. The van der Waals surface area contributed by atoms with E-state index in [1.807, 2.05) is 0 Å². The molecule has 0 aliphatic rings. The van der Waals surface area contributed by atoms with Crippen LogP contribution in [0.15, 0.2) is 54.6 Å². The molecule has 4 nitrogen and oxygen atoms in total. The SMILES string of the molecule is CC(C)c1cc(C(C)C)nc(-c2cc(-c3nc(C(C)C)cc(C(C)C)n3)c3ccc4cc([Si](C(C)C)(C(C)C)C(C)C)cc5ccc2c3c54)n1. The lowest BCUT2D eigenvalue weighted by Gasteiger charge is -2.44. The van der Waals surface area contributed by atoms with Gasteiger partial charge in [-0.25, -0.2) is 19.9 Å². The highest BCUT2D eigenvalue weighted by Gasteiger charge is 2.44. The maximum absolute atomic E-state index is 5.25. The molecule has 0 fully saturated rings. The summed E-state index contributed by atoms with van der Waals surface area (Å²) in [7, 11) is -1.88. The van der Waals surface area contributed by atoms with E-state index in [0.29, 0.717) is 40.3 Å². The Morgan fingerprint density at radius 1 is 0.400 bits per heavy atom. The van der Waals surface area contributed by atoms with Gasteiger partial charge in [-0.1, -0.05) is 139 Å². The van der Waals surface area contributed by atoms with Gasteiger partial charge < -0.3 is 0 Å². The van der Waals surface area contributed by atoms with Gasteiger partial charge in [0.05, 0.1) is 8.07 Å². The smallest absolute Gasteiger partial charge is 0.160 e. The number of hydrogen-bond donors (Lipinski definition) is 0. The summed E-state index contributed by atoms with van der Waals surface area (Å²) in [5.41, 5.74) is 8.31. The van der Waals surface area contributed by atoms with Crippen molar-refractivity contribution in [1.29, 1.82) is 0 Å². The summed E-state index contributed by atoms with van der Waals surface area (Å²) in [6, 6.07) is 21.2. The lowest BCUT2D eigenvalue weighted by atomic mass is 9.88. The molecule has 0 radical (unpaired) electrons. The van der Waals surface area contributed by atoms with Crippen LogP contribution in [-0.4, -0.2) is 28.0 Å². The second-order valence-electron chi connectivity index (χ2n) is 17.0. The highest BCUT2D eigenvalue weighted by molar-refractivity contribution is 6.95. The molecule has 4 aromatic carbocycles. The maximum atomic E-state index is 5.25. The predicted molar refractivity (Wildman–Crippen MR) is 219 cm³/mol. The topological polar surface area (TPSA) is 51.6 Å². The van der Waals surface area contributed by atoms with Gasteiger partial charge in [0.2, 0.25) is 0 Å². The Balaban J connectivity index is 1.78. The average molecular weight is 683 g/mol. The molecule has 5 heteroatoms. The van der Waals surface area contributed by atoms with E-state index in [9.17, 15) is 0 Å². The van der Waals surface area contributed by atoms with Crippen LogP contribution in [0.4, 0.5) is 0 Å². The molecule has 0 saturated heterocycles. The third kappa shape index (κ3) is 5.93. The summed E-state index contributed by atoms with van der Waals surface area (Å²) in [4.78, 5) is 21.0. The number of rotatable bonds is 10. The van der Waals surface area contributed by atoms with Crippen LogP contribution in [0, 0.1) is 0 Å². The molecule has 2 aromatic heterocycles. The standard InChI is InChI=1S/C45H58N4Si/c1-24(2)38-22-39(25(3)4)47-44(46-38)36-21-37(45-48-40(26(5)6)23-41(49-45)27(7)8)35-18-16-32-20-33(50(28(9)10,29(11)12)30(13)14)19-31-15-17-34(36)43(35)42(31)32/h15-30H,1-14H3. The molecular formula is C45H58N4Si. The van der Waals surface area contributed by atoms with Gasteiger partial charge in [0, 0.05) is 33.9 Å². The molecule has 0 aliphatic heterocycles. The second-order valence-corrected chi connectivity index (χ2v) is 22.9. The van der Waals surface area contributed by atoms with Crippen LogP contribution in [0.2, 0.25) is 16.6 Å². The van der Waals surface area contributed by atoms with E-state index in [4.69, 9.17) is 19.9 Å². The van der Waals surface area contributed by atoms with E-state index in [-0.39, 0.29) is 0 Å². The Kier molecular flexibility index (Phi) is 9.71. The third-order valence-corrected chi connectivity index (χ3v) is 18.5. The molecule has 0 aliphatic carbocycles. The first kappa shape index (κ1) is 36.1. The molecule has 0 saturated carbocycles. The first-order valence-electron chi connectivity index (χ1n) is 19.1. The zero-order chi connectivity index (χ0) is 36.4. The van der Waals surface area contributed by atoms with Crippen LogP contribution in [0.1, 0.15) is 143 Å². The predicted octanol–water partition coefficient (Wildman–Crippen LogP) is 12.9. The normalized spacial score (nSPS) is 13.1. The molecule has 0 spiro atoms. The van der Waals surface area contributed by atoms with E-state index in [1.165, 1.54) is 32.3 Å². The van der Waals surface area contributed by atoms with E-state index >= 15 is 0 Å². The number of nitrogens with zero attached hydrogens (tertiary/aromatic N) is 4. The van der Waals surface area contributed by atoms with Crippen molar-refractivity contribution in [2.45, 2.75) is 137 Å². The third-order valence-electron chi connectivity index (χ3n) is 11.5. The van der Waals surface area contributed by atoms with Crippen LogP contribution in [0.3, 0.4) is 0 Å². The number of aromatic nitrogens is 4. The second kappa shape index (κ2) is 13.4. The van der Waals surface area contributed by atoms with Crippen LogP contribution in [0.5, 0.6) is 0 Å². The molecule has 0 atom stereocenters. The first-order valence-corrected chi connectivity index (χ1v) is 21.3. The van der Waals surface area contributed by atoms with Crippen LogP contribution >= 0.6 is 0 Å². The quantitative estimate of drug-likeness (QED) is 0.107. The summed E-state index contributed by atoms with van der Waals surface area (Å²) in [5.74, 6) is 2.74. The Morgan fingerprint density at radius 3 is 1.04 bits per heavy atom. The highest BCUT2D eigenvalue weighted by atomic mass is 28.3. The van der Waals surface area contributed by atoms with Gasteiger partial charge in [-0.2, -0.15) is 0 Å². The van der Waals surface area contributed by atoms with Crippen LogP contribution < -0.4 is 5.19 Å². The van der Waals surface area contributed by atoms with Gasteiger partial charge >= 0.3 is 0 Å². The van der Waals surface area contributed by atoms with Crippen molar-refractivity contribution in [2.24, 2.45) is 0 Å². The molecule has 6 rings (SSSR count). The average Bonchev–Trinajstić information content (AvgIpc) is 3.05. The molecule has 2 heterocycles. The van der Waals surface area contributed by atoms with Crippen molar-refractivity contribution < 1.29 is 0 Å². The van der Waals surface area contributed by atoms with Crippen molar-refractivity contribution in [3.63, 3.8) is 0 Å². The van der Waals surface area contributed by atoms with Crippen molar-refractivity contribution in [1.82, 2.24) is 19.9 Å². The molecule has 0 N–H and O–H groups in total. The van der Waals surface area contributed by atoms with E-state index in [1.54, 1.807) is 5.19 Å². The van der Waals surface area contributed by atoms with Crippen LogP contribution in [-0.2, 0) is 0 Å². The van der Waals surface area contributed by atoms with E-state index in [0.717, 1.165) is 45.6 Å². The van der Waals surface area contributed by atoms with Crippen LogP contribution in [0.25, 0.3) is 55.1 Å². The van der Waals surface area contributed by atoms with E-state index in [2.05, 4.69) is 152 Å². The van der Waals surface area contributed by atoms with Gasteiger partial charge in [-0.05, 0) is 90.8 Å². The first-order chi connectivity index (χ1) is 23.6. The maximum Gasteiger partial charge on any atom is 0.160 e. The molecular weight excluding hydrogens is 625 g/mol.